The SMILES string of the molecule is CN=C(NCCS(=O)(=O)NCC1CCC1)NC(C)CCC(C)C.I. The Kier molecular flexibility index (Phi) is 12.2. The summed E-state index contributed by atoms with van der Waals surface area (Å²) in [4.78, 5) is 4.15. The molecule has 3 N–H and O–H groups in total. The van der Waals surface area contributed by atoms with Crippen LogP contribution >= 0.6 is 24.0 Å². The molecule has 6 nitrogen and oxygen atoms in total. The highest BCUT2D eigenvalue weighted by molar-refractivity contribution is 14.0. The van der Waals surface area contributed by atoms with Crippen molar-refractivity contribution in [3.8, 4) is 0 Å². The van der Waals surface area contributed by atoms with E-state index in [1.807, 2.05) is 0 Å². The quantitative estimate of drug-likeness (QED) is 0.258. The minimum atomic E-state index is -3.20. The highest BCUT2D eigenvalue weighted by Crippen LogP contribution is 2.25. The predicted octanol–water partition coefficient (Wildman–Crippen LogP) is 2.31. The molecule has 24 heavy (non-hydrogen) atoms. The number of nitrogens with zero attached hydrogens (tertiary/aromatic N) is 1. The molecular formula is C16H35IN4O2S. The van der Waals surface area contributed by atoms with E-state index < -0.39 is 10.0 Å². The molecule has 1 saturated carbocycles. The van der Waals surface area contributed by atoms with Crippen molar-refractivity contribution in [2.75, 3.05) is 25.9 Å². The summed E-state index contributed by atoms with van der Waals surface area (Å²) in [7, 11) is -1.50. The van der Waals surface area contributed by atoms with Crippen molar-refractivity contribution in [1.82, 2.24) is 15.4 Å². The van der Waals surface area contributed by atoms with Crippen LogP contribution in [0.2, 0.25) is 0 Å². The summed E-state index contributed by atoms with van der Waals surface area (Å²) >= 11 is 0. The van der Waals surface area contributed by atoms with E-state index in [9.17, 15) is 8.42 Å². The molecule has 1 aliphatic carbocycles. The van der Waals surface area contributed by atoms with Gasteiger partial charge in [0.05, 0.1) is 5.75 Å². The maximum absolute atomic E-state index is 11.9. The molecule has 0 aromatic carbocycles. The molecule has 0 aliphatic heterocycles. The van der Waals surface area contributed by atoms with Gasteiger partial charge in [-0.2, -0.15) is 0 Å². The second-order valence-corrected chi connectivity index (χ2v) is 8.91. The van der Waals surface area contributed by atoms with Crippen molar-refractivity contribution < 1.29 is 8.42 Å². The Morgan fingerprint density at radius 2 is 1.88 bits per heavy atom. The van der Waals surface area contributed by atoms with Crippen LogP contribution in [0.25, 0.3) is 0 Å². The molecule has 1 rings (SSSR count). The Balaban J connectivity index is 0.00000529. The van der Waals surface area contributed by atoms with Crippen molar-refractivity contribution in [2.45, 2.75) is 58.9 Å². The average Bonchev–Trinajstić information content (AvgIpc) is 2.42. The summed E-state index contributed by atoms with van der Waals surface area (Å²) < 4.78 is 26.6. The van der Waals surface area contributed by atoms with E-state index in [1.54, 1.807) is 7.05 Å². The number of aliphatic imine (C=N–C) groups is 1. The van der Waals surface area contributed by atoms with Crippen LogP contribution in [0, 0.1) is 11.8 Å². The van der Waals surface area contributed by atoms with Crippen LogP contribution in [0.3, 0.4) is 0 Å². The molecule has 0 aromatic heterocycles. The molecule has 1 unspecified atom stereocenters. The molecule has 0 radical (unpaired) electrons. The van der Waals surface area contributed by atoms with Crippen LogP contribution in [0.4, 0.5) is 0 Å². The second-order valence-electron chi connectivity index (χ2n) is 6.98. The molecular weight excluding hydrogens is 439 g/mol. The van der Waals surface area contributed by atoms with E-state index in [1.165, 1.54) is 6.42 Å². The van der Waals surface area contributed by atoms with Gasteiger partial charge in [-0.25, -0.2) is 13.1 Å². The third kappa shape index (κ3) is 10.7. The van der Waals surface area contributed by atoms with E-state index in [2.05, 4.69) is 41.1 Å². The first-order chi connectivity index (χ1) is 10.8. The van der Waals surface area contributed by atoms with E-state index in [0.717, 1.165) is 25.7 Å². The smallest absolute Gasteiger partial charge is 0.213 e. The lowest BCUT2D eigenvalue weighted by Crippen LogP contribution is -2.45. The molecule has 0 bridgehead atoms. The van der Waals surface area contributed by atoms with Crippen molar-refractivity contribution in [3.63, 3.8) is 0 Å². The van der Waals surface area contributed by atoms with Crippen LogP contribution < -0.4 is 15.4 Å². The monoisotopic (exact) mass is 474 g/mol. The zero-order valence-corrected chi connectivity index (χ0v) is 18.6. The minimum Gasteiger partial charge on any atom is -0.355 e. The van der Waals surface area contributed by atoms with Crippen molar-refractivity contribution >= 4 is 40.0 Å². The van der Waals surface area contributed by atoms with Gasteiger partial charge in [0.15, 0.2) is 5.96 Å². The number of sulfonamides is 1. The summed E-state index contributed by atoms with van der Waals surface area (Å²) in [6, 6.07) is 0.317. The molecule has 0 amide bonds. The van der Waals surface area contributed by atoms with Crippen LogP contribution in [0.5, 0.6) is 0 Å². The third-order valence-electron chi connectivity index (χ3n) is 4.26. The van der Waals surface area contributed by atoms with Gasteiger partial charge in [-0.3, -0.25) is 4.99 Å². The molecule has 1 aliphatic rings. The Morgan fingerprint density at radius 3 is 2.38 bits per heavy atom. The molecule has 8 heteroatoms. The number of halogens is 1. The number of rotatable bonds is 10. The zero-order valence-electron chi connectivity index (χ0n) is 15.5. The number of hydrogen-bond acceptors (Lipinski definition) is 3. The van der Waals surface area contributed by atoms with E-state index >= 15 is 0 Å². The first kappa shape index (κ1) is 23.9. The molecule has 0 heterocycles. The standard InChI is InChI=1S/C16H34N4O2S.HI/c1-13(2)8-9-14(3)20-16(17-4)18-10-11-23(21,22)19-12-15-6-5-7-15;/h13-15,19H,5-12H2,1-4H3,(H2,17,18,20);1H. The van der Waals surface area contributed by atoms with E-state index in [4.69, 9.17) is 0 Å². The van der Waals surface area contributed by atoms with Gasteiger partial charge in [-0.05, 0) is 44.4 Å². The lowest BCUT2D eigenvalue weighted by atomic mass is 9.86. The molecule has 1 atom stereocenters. The summed E-state index contributed by atoms with van der Waals surface area (Å²) in [6.07, 6.45) is 5.74. The van der Waals surface area contributed by atoms with Gasteiger partial charge >= 0.3 is 0 Å². The normalized spacial score (nSPS) is 17.1. The first-order valence-corrected chi connectivity index (χ1v) is 10.4. The van der Waals surface area contributed by atoms with Crippen molar-refractivity contribution in [1.29, 1.82) is 0 Å². The Morgan fingerprint density at radius 1 is 1.21 bits per heavy atom. The first-order valence-electron chi connectivity index (χ1n) is 8.77. The molecule has 144 valence electrons. The molecule has 1 fully saturated rings. The summed E-state index contributed by atoms with van der Waals surface area (Å²) in [6.45, 7) is 7.48. The summed E-state index contributed by atoms with van der Waals surface area (Å²) in [5.74, 6) is 1.95. The van der Waals surface area contributed by atoms with Gasteiger partial charge in [-0.15, -0.1) is 24.0 Å². The largest absolute Gasteiger partial charge is 0.355 e. The highest BCUT2D eigenvalue weighted by Gasteiger charge is 2.20. The van der Waals surface area contributed by atoms with Gasteiger partial charge in [0.25, 0.3) is 0 Å². The second kappa shape index (κ2) is 12.3. The topological polar surface area (TPSA) is 82.6 Å². The number of hydrogen-bond donors (Lipinski definition) is 3. The fourth-order valence-electron chi connectivity index (χ4n) is 2.40. The van der Waals surface area contributed by atoms with E-state index in [-0.39, 0.29) is 29.7 Å². The van der Waals surface area contributed by atoms with Crippen LogP contribution in [-0.4, -0.2) is 46.3 Å². The van der Waals surface area contributed by atoms with Gasteiger partial charge < -0.3 is 10.6 Å². The van der Waals surface area contributed by atoms with Crippen molar-refractivity contribution in [3.05, 3.63) is 0 Å². The maximum Gasteiger partial charge on any atom is 0.213 e. The fourth-order valence-corrected chi connectivity index (χ4v) is 3.41. The maximum atomic E-state index is 11.9. The summed E-state index contributed by atoms with van der Waals surface area (Å²) in [5, 5.41) is 6.38. The van der Waals surface area contributed by atoms with Crippen LogP contribution in [0.1, 0.15) is 52.9 Å². The molecule has 0 aromatic rings. The minimum absolute atomic E-state index is 0. The highest BCUT2D eigenvalue weighted by atomic mass is 127. The predicted molar refractivity (Wildman–Crippen MR) is 113 cm³/mol. The Bertz CT molecular complexity index is 465. The molecule has 0 spiro atoms. The van der Waals surface area contributed by atoms with E-state index in [0.29, 0.717) is 36.9 Å². The number of guanidine groups is 1. The lowest BCUT2D eigenvalue weighted by Gasteiger charge is -2.25. The van der Waals surface area contributed by atoms with Gasteiger partial charge in [-0.1, -0.05) is 20.3 Å². The Labute approximate surface area is 165 Å². The van der Waals surface area contributed by atoms with Crippen LogP contribution in [0.15, 0.2) is 4.99 Å². The fraction of sp³-hybridized carbons (Fsp3) is 0.938. The Hall–Kier alpha value is -0.0900. The number of nitrogens with one attached hydrogen (secondary N) is 3. The van der Waals surface area contributed by atoms with Gasteiger partial charge in [0, 0.05) is 26.2 Å². The molecule has 0 saturated heterocycles. The summed E-state index contributed by atoms with van der Waals surface area (Å²) in [5.41, 5.74) is 0. The lowest BCUT2D eigenvalue weighted by molar-refractivity contribution is 0.316. The van der Waals surface area contributed by atoms with Gasteiger partial charge in [0.2, 0.25) is 10.0 Å². The zero-order chi connectivity index (χ0) is 17.3. The van der Waals surface area contributed by atoms with Crippen LogP contribution in [-0.2, 0) is 10.0 Å². The van der Waals surface area contributed by atoms with Gasteiger partial charge in [0.1, 0.15) is 0 Å². The third-order valence-corrected chi connectivity index (χ3v) is 5.61. The van der Waals surface area contributed by atoms with Crippen molar-refractivity contribution in [2.24, 2.45) is 16.8 Å². The average molecular weight is 474 g/mol.